The van der Waals surface area contributed by atoms with E-state index in [1.165, 1.54) is 18.3 Å². The van der Waals surface area contributed by atoms with Crippen LogP contribution >= 0.6 is 0 Å². The van der Waals surface area contributed by atoms with Gasteiger partial charge in [0.2, 0.25) is 5.91 Å². The number of benzene rings is 2. The molecule has 32 heavy (non-hydrogen) atoms. The van der Waals surface area contributed by atoms with Crippen LogP contribution in [0.15, 0.2) is 73.1 Å². The third-order valence-corrected chi connectivity index (χ3v) is 6.59. The number of pyridine rings is 1. The monoisotopic (exact) mass is 428 g/mol. The first-order valence-corrected chi connectivity index (χ1v) is 10.3. The molecule has 1 fully saturated rings. The second-order valence-corrected chi connectivity index (χ2v) is 8.19. The number of nitro benzene ring substituents is 1. The molecule has 2 aliphatic heterocycles. The van der Waals surface area contributed by atoms with Crippen LogP contribution in [0.3, 0.4) is 0 Å². The average molecular weight is 428 g/mol. The van der Waals surface area contributed by atoms with Crippen LogP contribution in [0.2, 0.25) is 0 Å². The molecule has 2 aromatic carbocycles. The molecule has 1 N–H and O–H groups in total. The van der Waals surface area contributed by atoms with Crippen molar-refractivity contribution in [2.75, 3.05) is 18.9 Å². The SMILES string of the molecule is CN1C[C@H](c2cccc([N+](=O)[O-])c2)[C@@H](C(=O)c2cccnc2)[C@@]12C(=O)Nc1ccccc12. The van der Waals surface area contributed by atoms with Crippen molar-refractivity contribution < 1.29 is 14.5 Å². The number of amides is 1. The summed E-state index contributed by atoms with van der Waals surface area (Å²) in [5.74, 6) is -1.70. The minimum atomic E-state index is -1.22. The minimum absolute atomic E-state index is 0.0463. The van der Waals surface area contributed by atoms with Crippen molar-refractivity contribution in [1.82, 2.24) is 9.88 Å². The Morgan fingerprint density at radius 3 is 2.75 bits per heavy atom. The molecule has 2 aliphatic rings. The van der Waals surface area contributed by atoms with Crippen molar-refractivity contribution in [3.63, 3.8) is 0 Å². The van der Waals surface area contributed by atoms with Gasteiger partial charge in [-0.1, -0.05) is 30.3 Å². The highest BCUT2D eigenvalue weighted by Gasteiger charge is 2.64. The second-order valence-electron chi connectivity index (χ2n) is 8.19. The molecule has 3 heterocycles. The van der Waals surface area contributed by atoms with E-state index in [0.717, 1.165) is 5.56 Å². The van der Waals surface area contributed by atoms with Crippen LogP contribution in [-0.4, -0.2) is 40.1 Å². The topological polar surface area (TPSA) is 105 Å². The van der Waals surface area contributed by atoms with Crippen molar-refractivity contribution in [2.45, 2.75) is 11.5 Å². The highest BCUT2D eigenvalue weighted by molar-refractivity contribution is 6.12. The van der Waals surface area contributed by atoms with Crippen LogP contribution in [0, 0.1) is 16.0 Å². The highest BCUT2D eigenvalue weighted by Crippen LogP contribution is 2.55. The molecule has 1 aromatic heterocycles. The first-order chi connectivity index (χ1) is 15.4. The van der Waals surface area contributed by atoms with E-state index in [9.17, 15) is 19.7 Å². The summed E-state index contributed by atoms with van der Waals surface area (Å²) >= 11 is 0. The Bertz CT molecular complexity index is 1250. The summed E-state index contributed by atoms with van der Waals surface area (Å²) in [6.45, 7) is 0.388. The van der Waals surface area contributed by atoms with E-state index in [2.05, 4.69) is 10.3 Å². The molecule has 8 heteroatoms. The number of aromatic nitrogens is 1. The molecule has 1 amide bonds. The fraction of sp³-hybridized carbons (Fsp3) is 0.208. The number of fused-ring (bicyclic) bond motifs is 2. The largest absolute Gasteiger partial charge is 0.324 e. The van der Waals surface area contributed by atoms with Crippen LogP contribution in [0.4, 0.5) is 11.4 Å². The summed E-state index contributed by atoms with van der Waals surface area (Å²) in [6.07, 6.45) is 3.08. The summed E-state index contributed by atoms with van der Waals surface area (Å²) in [4.78, 5) is 44.4. The number of anilines is 1. The van der Waals surface area contributed by atoms with Crippen molar-refractivity contribution in [3.05, 3.63) is 99.9 Å². The number of Topliss-reactive ketones (excluding diaryl/α,β-unsaturated/α-hetero) is 1. The van der Waals surface area contributed by atoms with E-state index in [-0.39, 0.29) is 17.4 Å². The van der Waals surface area contributed by atoms with Gasteiger partial charge in [0.05, 0.1) is 10.8 Å². The third kappa shape index (κ3) is 2.76. The molecule has 3 aromatic rings. The van der Waals surface area contributed by atoms with Gasteiger partial charge in [-0.05, 0) is 30.8 Å². The molecule has 0 bridgehead atoms. The van der Waals surface area contributed by atoms with Gasteiger partial charge in [0.25, 0.3) is 5.69 Å². The van der Waals surface area contributed by atoms with Gasteiger partial charge in [-0.25, -0.2) is 0 Å². The zero-order valence-corrected chi connectivity index (χ0v) is 17.3. The molecule has 5 rings (SSSR count). The molecule has 0 aliphatic carbocycles. The van der Waals surface area contributed by atoms with E-state index in [1.54, 1.807) is 30.5 Å². The molecule has 0 radical (unpaired) electrons. The van der Waals surface area contributed by atoms with Crippen molar-refractivity contribution in [1.29, 1.82) is 0 Å². The normalized spacial score (nSPS) is 24.3. The number of ketones is 1. The Kier molecular flexibility index (Phi) is 4.60. The van der Waals surface area contributed by atoms with E-state index in [4.69, 9.17) is 0 Å². The molecule has 0 unspecified atom stereocenters. The number of carbonyl (C=O) groups is 2. The van der Waals surface area contributed by atoms with Gasteiger partial charge in [-0.2, -0.15) is 0 Å². The van der Waals surface area contributed by atoms with Gasteiger partial charge in [0.1, 0.15) is 5.54 Å². The number of hydrogen-bond donors (Lipinski definition) is 1. The van der Waals surface area contributed by atoms with Crippen LogP contribution < -0.4 is 5.32 Å². The Labute approximate surface area is 184 Å². The predicted molar refractivity (Wildman–Crippen MR) is 117 cm³/mol. The van der Waals surface area contributed by atoms with Gasteiger partial charge in [0.15, 0.2) is 5.78 Å². The number of hydrogen-bond acceptors (Lipinski definition) is 6. The van der Waals surface area contributed by atoms with Gasteiger partial charge in [-0.15, -0.1) is 0 Å². The fourth-order valence-corrected chi connectivity index (χ4v) is 5.25. The molecule has 1 saturated heterocycles. The predicted octanol–water partition coefficient (Wildman–Crippen LogP) is 3.37. The summed E-state index contributed by atoms with van der Waals surface area (Å²) in [5.41, 5.74) is 1.20. The Morgan fingerprint density at radius 1 is 1.19 bits per heavy atom. The van der Waals surface area contributed by atoms with Crippen molar-refractivity contribution in [2.24, 2.45) is 5.92 Å². The Hall–Kier alpha value is -3.91. The Morgan fingerprint density at radius 2 is 2.00 bits per heavy atom. The van der Waals surface area contributed by atoms with E-state index in [0.29, 0.717) is 23.4 Å². The van der Waals surface area contributed by atoms with E-state index in [1.807, 2.05) is 36.2 Å². The number of nitro groups is 1. The maximum absolute atomic E-state index is 13.9. The van der Waals surface area contributed by atoms with Crippen LogP contribution in [-0.2, 0) is 10.3 Å². The quantitative estimate of drug-likeness (QED) is 0.388. The smallest absolute Gasteiger partial charge is 0.269 e. The summed E-state index contributed by atoms with van der Waals surface area (Å²) in [5, 5.41) is 14.3. The van der Waals surface area contributed by atoms with Crippen LogP contribution in [0.5, 0.6) is 0 Å². The van der Waals surface area contributed by atoms with Crippen molar-refractivity contribution in [3.8, 4) is 0 Å². The number of para-hydroxylation sites is 1. The van der Waals surface area contributed by atoms with Crippen LogP contribution in [0.25, 0.3) is 0 Å². The number of nitrogens with one attached hydrogen (secondary N) is 1. The standard InChI is InChI=1S/C24H20N4O4/c1-27-14-18(15-6-4-8-17(12-15)28(31)32)21(22(29)16-7-5-11-25-13-16)24(27)19-9-2-3-10-20(19)26-23(24)30/h2-13,18,21H,14H2,1H3,(H,26,30)/t18-,21+,24+/m1/s1. The average Bonchev–Trinajstić information content (AvgIpc) is 3.29. The van der Waals surface area contributed by atoms with E-state index < -0.39 is 22.3 Å². The first-order valence-electron chi connectivity index (χ1n) is 10.3. The summed E-state index contributed by atoms with van der Waals surface area (Å²) in [7, 11) is 1.82. The third-order valence-electron chi connectivity index (χ3n) is 6.59. The fourth-order valence-electron chi connectivity index (χ4n) is 5.25. The van der Waals surface area contributed by atoms with Crippen LogP contribution in [0.1, 0.15) is 27.4 Å². The lowest BCUT2D eigenvalue weighted by Gasteiger charge is -2.35. The number of rotatable bonds is 4. The summed E-state index contributed by atoms with van der Waals surface area (Å²) < 4.78 is 0. The van der Waals surface area contributed by atoms with Gasteiger partial charge in [-0.3, -0.25) is 29.6 Å². The van der Waals surface area contributed by atoms with Crippen molar-refractivity contribution >= 4 is 23.1 Å². The Balaban J connectivity index is 1.73. The minimum Gasteiger partial charge on any atom is -0.324 e. The van der Waals surface area contributed by atoms with E-state index >= 15 is 0 Å². The maximum atomic E-state index is 13.9. The molecule has 0 saturated carbocycles. The van der Waals surface area contributed by atoms with Gasteiger partial charge >= 0.3 is 0 Å². The number of non-ortho nitro benzene ring substituents is 1. The number of carbonyl (C=O) groups excluding carboxylic acids is 2. The zero-order valence-electron chi connectivity index (χ0n) is 17.3. The summed E-state index contributed by atoms with van der Waals surface area (Å²) in [6, 6.07) is 17.1. The van der Waals surface area contributed by atoms with Gasteiger partial charge in [0, 0.05) is 53.8 Å². The number of likely N-dealkylation sites (tertiary alicyclic amines) is 1. The molecular formula is C24H20N4O4. The molecule has 160 valence electrons. The number of nitrogens with zero attached hydrogens (tertiary/aromatic N) is 3. The maximum Gasteiger partial charge on any atom is 0.269 e. The van der Waals surface area contributed by atoms with Gasteiger partial charge < -0.3 is 5.32 Å². The molecule has 3 atom stereocenters. The zero-order chi connectivity index (χ0) is 22.5. The first kappa shape index (κ1) is 20.0. The molecule has 1 spiro atoms. The second kappa shape index (κ2) is 7.35. The number of likely N-dealkylation sites (N-methyl/N-ethyl adjacent to an activating group) is 1. The lowest BCUT2D eigenvalue weighted by atomic mass is 9.70. The lowest BCUT2D eigenvalue weighted by molar-refractivity contribution is -0.384. The molecule has 8 nitrogen and oxygen atoms in total. The lowest BCUT2D eigenvalue weighted by Crippen LogP contribution is -2.51. The molecular weight excluding hydrogens is 408 g/mol. The highest BCUT2D eigenvalue weighted by atomic mass is 16.6.